The van der Waals surface area contributed by atoms with E-state index in [9.17, 15) is 0 Å². The summed E-state index contributed by atoms with van der Waals surface area (Å²) in [6.07, 6.45) is 2.00. The van der Waals surface area contributed by atoms with E-state index in [0.29, 0.717) is 0 Å². The maximum atomic E-state index is 4.86. The molecule has 7 rings (SSSR count). The zero-order valence-electron chi connectivity index (χ0n) is 22.4. The Balaban J connectivity index is 1.17. The van der Waals surface area contributed by atoms with E-state index in [1.54, 1.807) is 0 Å². The molecule has 0 aliphatic carbocycles. The number of thiophene rings is 1. The van der Waals surface area contributed by atoms with E-state index < -0.39 is 8.07 Å². The minimum atomic E-state index is -1.29. The molecule has 0 aliphatic rings. The number of fused-ring (bicyclic) bond motifs is 4. The Morgan fingerprint density at radius 1 is 0.513 bits per heavy atom. The minimum absolute atomic E-state index is 1.00. The normalized spacial score (nSPS) is 12.0. The lowest BCUT2D eigenvalue weighted by atomic mass is 9.98. The molecule has 0 bridgehead atoms. The van der Waals surface area contributed by atoms with Crippen molar-refractivity contribution in [3.63, 3.8) is 0 Å². The Morgan fingerprint density at radius 2 is 1.13 bits per heavy atom. The van der Waals surface area contributed by atoms with E-state index in [-0.39, 0.29) is 0 Å². The first-order valence-corrected chi connectivity index (χ1v) is 17.8. The van der Waals surface area contributed by atoms with Gasteiger partial charge in [0.2, 0.25) is 0 Å². The second-order valence-electron chi connectivity index (χ2n) is 11.3. The van der Waals surface area contributed by atoms with Gasteiger partial charge in [-0.15, -0.1) is 11.3 Å². The van der Waals surface area contributed by atoms with Crippen molar-refractivity contribution in [3.05, 3.63) is 121 Å². The van der Waals surface area contributed by atoms with E-state index in [0.717, 1.165) is 16.8 Å². The van der Waals surface area contributed by atoms with E-state index >= 15 is 0 Å². The SMILES string of the molecule is C[Si](C)(C)c1ccc(-c2ccc3cc(-c4ccc(-c5ccc6sc7ccccc7c6c5)nc4)ccc3c2)cc1. The Morgan fingerprint density at radius 3 is 1.82 bits per heavy atom. The maximum Gasteiger partial charge on any atom is 0.0775 e. The van der Waals surface area contributed by atoms with E-state index in [2.05, 4.69) is 135 Å². The summed E-state index contributed by atoms with van der Waals surface area (Å²) in [5.41, 5.74) is 7.01. The Kier molecular flexibility index (Phi) is 5.73. The molecule has 0 amide bonds. The molecule has 3 heteroatoms. The van der Waals surface area contributed by atoms with E-state index in [4.69, 9.17) is 4.98 Å². The van der Waals surface area contributed by atoms with Gasteiger partial charge in [-0.2, -0.15) is 0 Å². The van der Waals surface area contributed by atoms with Crippen LogP contribution in [0.1, 0.15) is 0 Å². The summed E-state index contributed by atoms with van der Waals surface area (Å²) in [6.45, 7) is 7.18. The highest BCUT2D eigenvalue weighted by Gasteiger charge is 2.16. The summed E-state index contributed by atoms with van der Waals surface area (Å²) >= 11 is 1.85. The molecule has 0 atom stereocenters. The number of hydrogen-bond acceptors (Lipinski definition) is 2. The van der Waals surface area contributed by atoms with Gasteiger partial charge in [0.1, 0.15) is 0 Å². The highest BCUT2D eigenvalue weighted by Crippen LogP contribution is 2.36. The zero-order chi connectivity index (χ0) is 26.6. The number of benzene rings is 5. The predicted molar refractivity (Wildman–Crippen MR) is 174 cm³/mol. The van der Waals surface area contributed by atoms with Crippen LogP contribution in [0.3, 0.4) is 0 Å². The standard InChI is InChI=1S/C36H29NSSi/c1-39(2,3)31-16-12-24(13-17-31)25-8-9-27-21-28(11-10-26(27)20-25)30-14-18-34(37-23-30)29-15-19-36-33(22-29)32-6-4-5-7-35(32)38-36/h4-23H,1-3H3. The van der Waals surface area contributed by atoms with Crippen LogP contribution in [0.25, 0.3) is 64.5 Å². The number of nitrogens with zero attached hydrogens (tertiary/aromatic N) is 1. The van der Waals surface area contributed by atoms with Crippen LogP contribution >= 0.6 is 11.3 Å². The summed E-state index contributed by atoms with van der Waals surface area (Å²) in [6, 6.07) is 42.3. The van der Waals surface area contributed by atoms with Crippen LogP contribution in [-0.2, 0) is 0 Å². The molecular formula is C36H29NSSi. The fraction of sp³-hybridized carbons (Fsp3) is 0.0833. The van der Waals surface area contributed by atoms with Gasteiger partial charge in [-0.3, -0.25) is 4.98 Å². The van der Waals surface area contributed by atoms with Crippen LogP contribution in [0.5, 0.6) is 0 Å². The van der Waals surface area contributed by atoms with Gasteiger partial charge in [0.05, 0.1) is 13.8 Å². The van der Waals surface area contributed by atoms with E-state index in [1.807, 2.05) is 17.5 Å². The molecular weight excluding hydrogens is 507 g/mol. The molecule has 0 spiro atoms. The molecule has 0 fully saturated rings. The third-order valence-electron chi connectivity index (χ3n) is 7.69. The maximum absolute atomic E-state index is 4.86. The quantitative estimate of drug-likeness (QED) is 0.204. The van der Waals surface area contributed by atoms with Crippen molar-refractivity contribution in [1.29, 1.82) is 0 Å². The molecule has 0 N–H and O–H groups in total. The summed E-state index contributed by atoms with van der Waals surface area (Å²) < 4.78 is 2.65. The minimum Gasteiger partial charge on any atom is -0.256 e. The molecule has 1 nitrogen and oxygen atoms in total. The van der Waals surface area contributed by atoms with Gasteiger partial charge < -0.3 is 0 Å². The first-order chi connectivity index (χ1) is 18.9. The van der Waals surface area contributed by atoms with Gasteiger partial charge in [0.25, 0.3) is 0 Å². The average Bonchev–Trinajstić information content (AvgIpc) is 3.34. The molecule has 39 heavy (non-hydrogen) atoms. The largest absolute Gasteiger partial charge is 0.256 e. The predicted octanol–water partition coefficient (Wildman–Crippen LogP) is 10.1. The second-order valence-corrected chi connectivity index (χ2v) is 17.5. The molecule has 0 saturated carbocycles. The summed E-state index contributed by atoms with van der Waals surface area (Å²) in [7, 11) is -1.29. The molecule has 0 radical (unpaired) electrons. The average molecular weight is 536 g/mol. The summed E-state index contributed by atoms with van der Waals surface area (Å²) in [5.74, 6) is 0. The topological polar surface area (TPSA) is 12.9 Å². The molecule has 188 valence electrons. The highest BCUT2D eigenvalue weighted by molar-refractivity contribution is 7.25. The van der Waals surface area contributed by atoms with Crippen LogP contribution in [0.2, 0.25) is 19.6 Å². The van der Waals surface area contributed by atoms with Crippen molar-refractivity contribution in [1.82, 2.24) is 4.98 Å². The first kappa shape index (κ1) is 24.0. The molecule has 0 unspecified atom stereocenters. The lowest BCUT2D eigenvalue weighted by Crippen LogP contribution is -2.37. The van der Waals surface area contributed by atoms with Crippen molar-refractivity contribution in [3.8, 4) is 33.5 Å². The first-order valence-electron chi connectivity index (χ1n) is 13.5. The van der Waals surface area contributed by atoms with Crippen molar-refractivity contribution >= 4 is 55.5 Å². The van der Waals surface area contributed by atoms with E-state index in [1.165, 1.54) is 52.8 Å². The van der Waals surface area contributed by atoms with Crippen molar-refractivity contribution in [2.75, 3.05) is 0 Å². The van der Waals surface area contributed by atoms with Gasteiger partial charge in [-0.05, 0) is 63.9 Å². The van der Waals surface area contributed by atoms with Crippen LogP contribution in [0.4, 0.5) is 0 Å². The fourth-order valence-corrected chi connectivity index (χ4v) is 7.64. The third-order valence-corrected chi connectivity index (χ3v) is 10.9. The number of rotatable bonds is 4. The Labute approximate surface area is 234 Å². The summed E-state index contributed by atoms with van der Waals surface area (Å²) in [4.78, 5) is 4.86. The van der Waals surface area contributed by atoms with Crippen LogP contribution < -0.4 is 5.19 Å². The van der Waals surface area contributed by atoms with Gasteiger partial charge in [0.15, 0.2) is 0 Å². The lowest BCUT2D eigenvalue weighted by Gasteiger charge is -2.17. The molecule has 2 heterocycles. The van der Waals surface area contributed by atoms with Crippen molar-refractivity contribution in [2.24, 2.45) is 0 Å². The second kappa shape index (κ2) is 9.30. The van der Waals surface area contributed by atoms with Gasteiger partial charge in [-0.1, -0.05) is 104 Å². The monoisotopic (exact) mass is 535 g/mol. The molecule has 0 aliphatic heterocycles. The van der Waals surface area contributed by atoms with Crippen LogP contribution in [0, 0.1) is 0 Å². The lowest BCUT2D eigenvalue weighted by molar-refractivity contribution is 1.33. The highest BCUT2D eigenvalue weighted by atomic mass is 32.1. The smallest absolute Gasteiger partial charge is 0.0775 e. The molecule has 7 aromatic rings. The zero-order valence-corrected chi connectivity index (χ0v) is 24.2. The van der Waals surface area contributed by atoms with Crippen LogP contribution in [-0.4, -0.2) is 13.1 Å². The number of aromatic nitrogens is 1. The van der Waals surface area contributed by atoms with Gasteiger partial charge in [0, 0.05) is 37.5 Å². The van der Waals surface area contributed by atoms with Crippen molar-refractivity contribution in [2.45, 2.75) is 19.6 Å². The van der Waals surface area contributed by atoms with Crippen molar-refractivity contribution < 1.29 is 0 Å². The fourth-order valence-electron chi connectivity index (χ4n) is 5.39. The number of hydrogen-bond donors (Lipinski definition) is 0. The molecule has 0 saturated heterocycles. The Hall–Kier alpha value is -4.05. The van der Waals surface area contributed by atoms with Gasteiger partial charge in [-0.25, -0.2) is 0 Å². The Bertz CT molecular complexity index is 1980. The molecule has 5 aromatic carbocycles. The van der Waals surface area contributed by atoms with Crippen LogP contribution in [0.15, 0.2) is 121 Å². The molecule has 2 aromatic heterocycles. The summed E-state index contributed by atoms with van der Waals surface area (Å²) in [5, 5.41) is 6.62. The third kappa shape index (κ3) is 4.48. The number of pyridine rings is 1. The van der Waals surface area contributed by atoms with Gasteiger partial charge >= 0.3 is 0 Å².